The van der Waals surface area contributed by atoms with Crippen LogP contribution >= 0.6 is 10.7 Å². The zero-order valence-electron chi connectivity index (χ0n) is 12.3. The zero-order valence-corrected chi connectivity index (χ0v) is 13.9. The first-order valence-electron chi connectivity index (χ1n) is 6.87. The molecule has 21 heavy (non-hydrogen) atoms. The fraction of sp³-hybridized carbons (Fsp3) is 0.538. The van der Waals surface area contributed by atoms with E-state index < -0.39 is 9.05 Å². The van der Waals surface area contributed by atoms with Gasteiger partial charge in [0, 0.05) is 23.1 Å². The predicted octanol–water partition coefficient (Wildman–Crippen LogP) is 2.72. The van der Waals surface area contributed by atoms with Gasteiger partial charge in [-0.05, 0) is 25.8 Å². The Morgan fingerprint density at radius 1 is 1.33 bits per heavy atom. The molecule has 0 saturated carbocycles. The highest BCUT2D eigenvalue weighted by molar-refractivity contribution is 8.13. The molecule has 116 valence electrons. The fourth-order valence-electron chi connectivity index (χ4n) is 2.26. The smallest absolute Gasteiger partial charge is 0.280 e. The Kier molecular flexibility index (Phi) is 4.73. The monoisotopic (exact) mass is 330 g/mol. The number of aromatic nitrogens is 4. The minimum absolute atomic E-state index is 0.124. The summed E-state index contributed by atoms with van der Waals surface area (Å²) >= 11 is 0. The lowest BCUT2D eigenvalue weighted by atomic mass is 10.2. The maximum atomic E-state index is 11.3. The van der Waals surface area contributed by atoms with E-state index in [1.165, 1.54) is 6.20 Å². The largest absolute Gasteiger partial charge is 0.328 e. The molecule has 0 aliphatic heterocycles. The topological polar surface area (TPSA) is 69.8 Å². The van der Waals surface area contributed by atoms with Crippen LogP contribution in [0.5, 0.6) is 0 Å². The Morgan fingerprint density at radius 2 is 2.00 bits per heavy atom. The van der Waals surface area contributed by atoms with Crippen molar-refractivity contribution in [3.63, 3.8) is 0 Å². The lowest BCUT2D eigenvalue weighted by Gasteiger charge is -2.12. The Morgan fingerprint density at radius 3 is 2.52 bits per heavy atom. The van der Waals surface area contributed by atoms with Gasteiger partial charge < -0.3 is 4.57 Å². The molecular weight excluding hydrogens is 312 g/mol. The van der Waals surface area contributed by atoms with Crippen molar-refractivity contribution in [1.29, 1.82) is 0 Å². The maximum Gasteiger partial charge on any atom is 0.280 e. The molecule has 0 aliphatic rings. The first-order valence-corrected chi connectivity index (χ1v) is 9.18. The van der Waals surface area contributed by atoms with Gasteiger partial charge in [-0.1, -0.05) is 13.8 Å². The molecule has 0 bridgehead atoms. The van der Waals surface area contributed by atoms with E-state index in [0.717, 1.165) is 18.5 Å². The van der Waals surface area contributed by atoms with Crippen LogP contribution in [-0.2, 0) is 15.6 Å². The SMILES string of the molecule is CCC(CC)n1ccc(Cn2cc(S(=O)(=O)Cl)nc2C)n1. The van der Waals surface area contributed by atoms with E-state index in [0.29, 0.717) is 18.4 Å². The van der Waals surface area contributed by atoms with Crippen molar-refractivity contribution in [1.82, 2.24) is 19.3 Å². The molecule has 0 saturated heterocycles. The van der Waals surface area contributed by atoms with Crippen molar-refractivity contribution in [3.8, 4) is 0 Å². The van der Waals surface area contributed by atoms with Crippen LogP contribution in [-0.4, -0.2) is 27.7 Å². The highest BCUT2D eigenvalue weighted by Gasteiger charge is 2.17. The highest BCUT2D eigenvalue weighted by atomic mass is 35.7. The number of aryl methyl sites for hydroxylation is 1. The van der Waals surface area contributed by atoms with Gasteiger partial charge in [0.15, 0.2) is 5.03 Å². The highest BCUT2D eigenvalue weighted by Crippen LogP contribution is 2.17. The van der Waals surface area contributed by atoms with E-state index in [-0.39, 0.29) is 5.03 Å². The molecule has 2 heterocycles. The van der Waals surface area contributed by atoms with Gasteiger partial charge in [0.25, 0.3) is 9.05 Å². The third-order valence-electron chi connectivity index (χ3n) is 3.52. The lowest BCUT2D eigenvalue weighted by molar-refractivity contribution is 0.424. The quantitative estimate of drug-likeness (QED) is 0.764. The van der Waals surface area contributed by atoms with Crippen LogP contribution in [0.3, 0.4) is 0 Å². The molecule has 0 radical (unpaired) electrons. The second kappa shape index (κ2) is 6.19. The van der Waals surface area contributed by atoms with Crippen LogP contribution in [0.4, 0.5) is 0 Å². The average Bonchev–Trinajstić information content (AvgIpc) is 2.99. The summed E-state index contributed by atoms with van der Waals surface area (Å²) in [5, 5.41) is 4.42. The van der Waals surface area contributed by atoms with E-state index >= 15 is 0 Å². The van der Waals surface area contributed by atoms with Gasteiger partial charge in [0.05, 0.1) is 18.3 Å². The third kappa shape index (κ3) is 3.65. The Labute approximate surface area is 129 Å². The molecule has 0 atom stereocenters. The van der Waals surface area contributed by atoms with Crippen molar-refractivity contribution < 1.29 is 8.42 Å². The Hall–Kier alpha value is -1.34. The van der Waals surface area contributed by atoms with Gasteiger partial charge in [-0.15, -0.1) is 0 Å². The summed E-state index contributed by atoms with van der Waals surface area (Å²) in [7, 11) is 1.51. The van der Waals surface area contributed by atoms with Crippen molar-refractivity contribution in [2.24, 2.45) is 0 Å². The second-order valence-corrected chi connectivity index (χ2v) is 7.46. The van der Waals surface area contributed by atoms with Gasteiger partial charge in [-0.2, -0.15) is 5.10 Å². The predicted molar refractivity (Wildman–Crippen MR) is 81.0 cm³/mol. The number of rotatable bonds is 6. The number of halogens is 1. The Balaban J connectivity index is 2.21. The first-order chi connectivity index (χ1) is 9.85. The molecule has 2 rings (SSSR count). The normalized spacial score (nSPS) is 12.2. The van der Waals surface area contributed by atoms with Crippen molar-refractivity contribution >= 4 is 19.7 Å². The molecule has 2 aromatic heterocycles. The molecule has 2 aromatic rings. The minimum atomic E-state index is -3.80. The van der Waals surface area contributed by atoms with Crippen molar-refractivity contribution in [3.05, 3.63) is 30.0 Å². The van der Waals surface area contributed by atoms with Crippen LogP contribution < -0.4 is 0 Å². The van der Waals surface area contributed by atoms with Gasteiger partial charge in [-0.25, -0.2) is 13.4 Å². The molecule has 0 aromatic carbocycles. The molecule has 6 nitrogen and oxygen atoms in total. The molecule has 0 N–H and O–H groups in total. The van der Waals surface area contributed by atoms with Gasteiger partial charge in [-0.3, -0.25) is 4.68 Å². The standard InChI is InChI=1S/C13H19ClN4O2S/c1-4-12(5-2)18-7-6-11(16-18)8-17-9-13(15-10(17)3)21(14,19)20/h6-7,9,12H,4-5,8H2,1-3H3. The molecule has 0 fully saturated rings. The molecule has 0 amide bonds. The summed E-state index contributed by atoms with van der Waals surface area (Å²) < 4.78 is 26.3. The number of hydrogen-bond acceptors (Lipinski definition) is 4. The fourth-order valence-corrected chi connectivity index (χ4v) is 2.98. The summed E-state index contributed by atoms with van der Waals surface area (Å²) in [5.74, 6) is 0.589. The second-order valence-electron chi connectivity index (χ2n) is 4.95. The van der Waals surface area contributed by atoms with E-state index in [9.17, 15) is 8.42 Å². The summed E-state index contributed by atoms with van der Waals surface area (Å²) in [6.45, 7) is 6.47. The van der Waals surface area contributed by atoms with E-state index in [4.69, 9.17) is 10.7 Å². The summed E-state index contributed by atoms with van der Waals surface area (Å²) in [5.41, 5.74) is 0.862. The first kappa shape index (κ1) is 16.0. The van der Waals surface area contributed by atoms with Crippen LogP contribution in [0, 0.1) is 6.92 Å². The van der Waals surface area contributed by atoms with Gasteiger partial charge in [0.2, 0.25) is 0 Å². The van der Waals surface area contributed by atoms with E-state index in [1.54, 1.807) is 11.5 Å². The van der Waals surface area contributed by atoms with Crippen molar-refractivity contribution in [2.75, 3.05) is 0 Å². The van der Waals surface area contributed by atoms with Crippen molar-refractivity contribution in [2.45, 2.75) is 51.2 Å². The molecule has 0 unspecified atom stereocenters. The molecular formula is C13H19ClN4O2S. The number of nitrogens with zero attached hydrogens (tertiary/aromatic N) is 4. The summed E-state index contributed by atoms with van der Waals surface area (Å²) in [6, 6.07) is 2.33. The molecule has 0 spiro atoms. The number of hydrogen-bond donors (Lipinski definition) is 0. The summed E-state index contributed by atoms with van der Waals surface area (Å²) in [4.78, 5) is 3.96. The lowest BCUT2D eigenvalue weighted by Crippen LogP contribution is -2.09. The Bertz CT molecular complexity index is 716. The average molecular weight is 331 g/mol. The van der Waals surface area contributed by atoms with Gasteiger partial charge >= 0.3 is 0 Å². The zero-order chi connectivity index (χ0) is 15.6. The minimum Gasteiger partial charge on any atom is -0.328 e. The molecule has 0 aliphatic carbocycles. The van der Waals surface area contributed by atoms with Crippen LogP contribution in [0.15, 0.2) is 23.5 Å². The molecule has 8 heteroatoms. The van der Waals surface area contributed by atoms with E-state index in [2.05, 4.69) is 23.9 Å². The number of imidazole rings is 1. The third-order valence-corrected chi connectivity index (χ3v) is 4.69. The van der Waals surface area contributed by atoms with Crippen LogP contribution in [0.2, 0.25) is 0 Å². The van der Waals surface area contributed by atoms with Gasteiger partial charge in [0.1, 0.15) is 5.82 Å². The summed E-state index contributed by atoms with van der Waals surface area (Å²) in [6.07, 6.45) is 5.44. The van der Waals surface area contributed by atoms with Crippen LogP contribution in [0.25, 0.3) is 0 Å². The maximum absolute atomic E-state index is 11.3. The van der Waals surface area contributed by atoms with E-state index in [1.807, 2.05) is 16.9 Å². The van der Waals surface area contributed by atoms with Crippen LogP contribution in [0.1, 0.15) is 44.2 Å².